The molecule has 2 N–H and O–H groups in total. The molecule has 0 radical (unpaired) electrons. The summed E-state index contributed by atoms with van der Waals surface area (Å²) in [6.07, 6.45) is 2.74. The van der Waals surface area contributed by atoms with E-state index in [0.717, 1.165) is 29.7 Å². The monoisotopic (exact) mass is 471 g/mol. The van der Waals surface area contributed by atoms with Crippen LogP contribution in [-0.2, 0) is 10.3 Å². The molecule has 178 valence electrons. The van der Waals surface area contributed by atoms with Gasteiger partial charge in [-0.05, 0) is 48.7 Å². The van der Waals surface area contributed by atoms with Gasteiger partial charge in [-0.2, -0.15) is 5.26 Å². The second-order valence-electron chi connectivity index (χ2n) is 9.32. The number of hydrogen-bond donors (Lipinski definition) is 2. The number of aliphatic hydroxyl groups is 1. The van der Waals surface area contributed by atoms with Crippen molar-refractivity contribution in [1.82, 2.24) is 9.97 Å². The summed E-state index contributed by atoms with van der Waals surface area (Å²) in [6.45, 7) is 4.75. The number of aromatic nitrogens is 2. The van der Waals surface area contributed by atoms with E-state index in [4.69, 9.17) is 9.47 Å². The third-order valence-corrected chi connectivity index (χ3v) is 6.37. The van der Waals surface area contributed by atoms with Crippen LogP contribution in [0.3, 0.4) is 0 Å². The summed E-state index contributed by atoms with van der Waals surface area (Å²) < 4.78 is 26.5. The van der Waals surface area contributed by atoms with Crippen molar-refractivity contribution in [2.24, 2.45) is 0 Å². The summed E-state index contributed by atoms with van der Waals surface area (Å²) in [6, 6.07) is 16.8. The molecule has 1 aliphatic rings. The molecule has 6 nitrogen and oxygen atoms in total. The predicted octanol–water partition coefficient (Wildman–Crippen LogP) is 5.69. The van der Waals surface area contributed by atoms with Crippen LogP contribution >= 0.6 is 0 Å². The minimum Gasteiger partial charge on any atom is -0.489 e. The third-order valence-electron chi connectivity index (χ3n) is 6.37. The van der Waals surface area contributed by atoms with Crippen LogP contribution in [0.15, 0.2) is 54.7 Å². The molecule has 0 atom stereocenters. The molecule has 35 heavy (non-hydrogen) atoms. The number of H-pyrrole nitrogens is 1. The topological polar surface area (TPSA) is 91.2 Å². The van der Waals surface area contributed by atoms with Gasteiger partial charge in [0.1, 0.15) is 29.4 Å². The van der Waals surface area contributed by atoms with Crippen LogP contribution in [0.5, 0.6) is 5.75 Å². The first-order valence-electron chi connectivity index (χ1n) is 11.6. The van der Waals surface area contributed by atoms with Crippen LogP contribution in [-0.4, -0.2) is 34.4 Å². The van der Waals surface area contributed by atoms with Crippen LogP contribution in [0.1, 0.15) is 37.8 Å². The average Bonchev–Trinajstić information content (AvgIpc) is 3.29. The van der Waals surface area contributed by atoms with Gasteiger partial charge in [-0.25, -0.2) is 9.37 Å². The lowest BCUT2D eigenvalue weighted by atomic mass is 9.96. The minimum absolute atomic E-state index is 0.00102. The summed E-state index contributed by atoms with van der Waals surface area (Å²) in [7, 11) is 0. The number of nitrogens with zero attached hydrogens (tertiary/aromatic N) is 2. The zero-order chi connectivity index (χ0) is 24.6. The van der Waals surface area contributed by atoms with Crippen molar-refractivity contribution in [3.8, 4) is 34.2 Å². The van der Waals surface area contributed by atoms with Crippen molar-refractivity contribution < 1.29 is 19.0 Å². The molecule has 1 saturated heterocycles. The minimum atomic E-state index is -0.935. The maximum absolute atomic E-state index is 15.1. The average molecular weight is 472 g/mol. The van der Waals surface area contributed by atoms with Crippen molar-refractivity contribution in [2.45, 2.75) is 38.4 Å². The lowest BCUT2D eigenvalue weighted by Crippen LogP contribution is -2.26. The Labute approximate surface area is 203 Å². The first-order chi connectivity index (χ1) is 16.8. The van der Waals surface area contributed by atoms with E-state index >= 15 is 4.39 Å². The smallest absolute Gasteiger partial charge is 0.150 e. The molecule has 0 saturated carbocycles. The Hall–Kier alpha value is -3.73. The fourth-order valence-electron chi connectivity index (χ4n) is 4.41. The molecular weight excluding hydrogens is 445 g/mol. The molecule has 0 bridgehead atoms. The van der Waals surface area contributed by atoms with Crippen molar-refractivity contribution in [2.75, 3.05) is 13.2 Å². The molecule has 7 heteroatoms. The Balaban J connectivity index is 1.52. The molecule has 0 aliphatic carbocycles. The summed E-state index contributed by atoms with van der Waals surface area (Å²) in [5.41, 5.74) is 3.39. The van der Waals surface area contributed by atoms with Crippen LogP contribution in [0.4, 0.5) is 4.39 Å². The Morgan fingerprint density at radius 1 is 1.11 bits per heavy atom. The van der Waals surface area contributed by atoms with Gasteiger partial charge < -0.3 is 19.6 Å². The molecule has 1 aliphatic heterocycles. The second kappa shape index (κ2) is 9.14. The lowest BCUT2D eigenvalue weighted by Gasteiger charge is -2.24. The van der Waals surface area contributed by atoms with Gasteiger partial charge in [-0.3, -0.25) is 0 Å². The zero-order valence-electron chi connectivity index (χ0n) is 19.6. The van der Waals surface area contributed by atoms with Crippen molar-refractivity contribution >= 4 is 11.0 Å². The number of rotatable bonds is 5. The molecule has 1 fully saturated rings. The Morgan fingerprint density at radius 3 is 2.51 bits per heavy atom. The highest BCUT2D eigenvalue weighted by Gasteiger charge is 2.20. The van der Waals surface area contributed by atoms with Gasteiger partial charge in [-0.15, -0.1) is 0 Å². The van der Waals surface area contributed by atoms with Gasteiger partial charge in [0.2, 0.25) is 0 Å². The number of nitrogens with one attached hydrogen (secondary N) is 1. The number of ether oxygens (including phenoxy) is 2. The molecular formula is C28H26FN3O3. The van der Waals surface area contributed by atoms with E-state index in [1.165, 1.54) is 6.20 Å². The van der Waals surface area contributed by atoms with Crippen LogP contribution in [0, 0.1) is 17.1 Å². The molecule has 2 aromatic heterocycles. The van der Waals surface area contributed by atoms with Crippen molar-refractivity contribution in [3.05, 3.63) is 71.7 Å². The highest BCUT2D eigenvalue weighted by Crippen LogP contribution is 2.36. The van der Waals surface area contributed by atoms with Gasteiger partial charge in [-0.1, -0.05) is 30.3 Å². The molecule has 0 amide bonds. The number of aromatic amines is 1. The molecule has 0 unspecified atom stereocenters. The van der Waals surface area contributed by atoms with E-state index in [2.05, 4.69) is 16.0 Å². The zero-order valence-corrected chi connectivity index (χ0v) is 19.6. The normalized spacial score (nSPS) is 14.7. The summed E-state index contributed by atoms with van der Waals surface area (Å²) in [5.74, 6) is 0.0259. The number of nitriles is 1. The quantitative estimate of drug-likeness (QED) is 0.390. The molecule has 3 heterocycles. The third kappa shape index (κ3) is 4.63. The van der Waals surface area contributed by atoms with Gasteiger partial charge in [0.15, 0.2) is 0 Å². The van der Waals surface area contributed by atoms with Gasteiger partial charge in [0.25, 0.3) is 0 Å². The highest BCUT2D eigenvalue weighted by molar-refractivity contribution is 5.96. The summed E-state index contributed by atoms with van der Waals surface area (Å²) in [5, 5.41) is 20.6. The van der Waals surface area contributed by atoms with Gasteiger partial charge in [0, 0.05) is 29.5 Å². The molecule has 2 aromatic carbocycles. The fourth-order valence-corrected chi connectivity index (χ4v) is 4.41. The molecule has 5 rings (SSSR count). The summed E-state index contributed by atoms with van der Waals surface area (Å²) in [4.78, 5) is 7.50. The first kappa shape index (κ1) is 23.0. The predicted molar refractivity (Wildman–Crippen MR) is 131 cm³/mol. The Bertz CT molecular complexity index is 1410. The molecule has 0 spiro atoms. The fraction of sp³-hybridized carbons (Fsp3) is 0.286. The van der Waals surface area contributed by atoms with E-state index in [1.54, 1.807) is 32.0 Å². The van der Waals surface area contributed by atoms with Gasteiger partial charge in [0.05, 0.1) is 30.6 Å². The number of fused-ring (bicyclic) bond motifs is 1. The largest absolute Gasteiger partial charge is 0.489 e. The first-order valence-corrected chi connectivity index (χ1v) is 11.6. The van der Waals surface area contributed by atoms with Gasteiger partial charge >= 0.3 is 0 Å². The maximum Gasteiger partial charge on any atom is 0.150 e. The standard InChI is InChI=1S/C28H26FN3O3/c1-28(2,33)20-6-3-17(4-7-20)24-14-22-26(23(29)16-31-27(22)32-24)18-5-8-25(19(13-18)15-30)35-21-9-11-34-12-10-21/h3-8,13-14,16,21,33H,9-12H2,1-2H3,(H,31,32). The van der Waals surface area contributed by atoms with E-state index < -0.39 is 11.4 Å². The number of hydrogen-bond acceptors (Lipinski definition) is 5. The summed E-state index contributed by atoms with van der Waals surface area (Å²) >= 11 is 0. The van der Waals surface area contributed by atoms with Crippen molar-refractivity contribution in [1.29, 1.82) is 5.26 Å². The SMILES string of the molecule is CC(C)(O)c1ccc(-c2cc3c(-c4ccc(OC5CCOCC5)c(C#N)c4)c(F)cnc3[nH]2)cc1. The van der Waals surface area contributed by atoms with Crippen molar-refractivity contribution in [3.63, 3.8) is 0 Å². The van der Waals surface area contributed by atoms with E-state index in [9.17, 15) is 10.4 Å². The van der Waals surface area contributed by atoms with E-state index in [0.29, 0.717) is 46.7 Å². The van der Waals surface area contributed by atoms with E-state index in [1.807, 2.05) is 30.3 Å². The Morgan fingerprint density at radius 2 is 1.83 bits per heavy atom. The van der Waals surface area contributed by atoms with Crippen LogP contribution in [0.25, 0.3) is 33.4 Å². The number of benzene rings is 2. The highest BCUT2D eigenvalue weighted by atomic mass is 19.1. The number of halogens is 1. The van der Waals surface area contributed by atoms with E-state index in [-0.39, 0.29) is 6.10 Å². The molecule has 4 aromatic rings. The van der Waals surface area contributed by atoms with Crippen LogP contribution < -0.4 is 4.74 Å². The van der Waals surface area contributed by atoms with Crippen LogP contribution in [0.2, 0.25) is 0 Å². The Kier molecular flexibility index (Phi) is 6.01. The number of pyridine rings is 1. The lowest BCUT2D eigenvalue weighted by molar-refractivity contribution is 0.0254. The second-order valence-corrected chi connectivity index (χ2v) is 9.32. The maximum atomic E-state index is 15.1.